The van der Waals surface area contributed by atoms with Crippen LogP contribution >= 0.6 is 31.9 Å². The molecule has 0 aliphatic rings. The number of halogens is 2. The molecule has 0 saturated heterocycles. The third-order valence-electron chi connectivity index (χ3n) is 2.75. The van der Waals surface area contributed by atoms with Crippen molar-refractivity contribution in [2.24, 2.45) is 0 Å². The van der Waals surface area contributed by atoms with Gasteiger partial charge in [0.05, 0.1) is 5.69 Å². The van der Waals surface area contributed by atoms with E-state index in [1.807, 2.05) is 31.2 Å². The van der Waals surface area contributed by atoms with Crippen molar-refractivity contribution in [3.63, 3.8) is 0 Å². The number of aryl methyl sites for hydroxylation is 1. The van der Waals surface area contributed by atoms with E-state index in [1.165, 1.54) is 0 Å². The van der Waals surface area contributed by atoms with Crippen LogP contribution in [0.5, 0.6) is 5.75 Å². The number of rotatable bonds is 4. The average Bonchev–Trinajstić information content (AvgIpc) is 2.40. The van der Waals surface area contributed by atoms with Crippen LogP contribution in [0.4, 0.5) is 5.69 Å². The van der Waals surface area contributed by atoms with Gasteiger partial charge in [0.15, 0.2) is 6.61 Å². The smallest absolute Gasteiger partial charge is 0.201 e. The molecule has 0 saturated carbocycles. The third-order valence-corrected chi connectivity index (χ3v) is 3.94. The van der Waals surface area contributed by atoms with Gasteiger partial charge in [0.2, 0.25) is 5.78 Å². The number of benzene rings is 2. The molecule has 0 amide bonds. The molecule has 2 aromatic carbocycles. The van der Waals surface area contributed by atoms with Gasteiger partial charge in [0.25, 0.3) is 0 Å². The van der Waals surface area contributed by atoms with Crippen molar-refractivity contribution >= 4 is 43.3 Å². The first kappa shape index (κ1) is 15.1. The Morgan fingerprint density at radius 2 is 1.95 bits per heavy atom. The molecular weight excluding hydrogens is 386 g/mol. The number of hydrogen-bond acceptors (Lipinski definition) is 3. The SMILES string of the molecule is Cc1ccc(OCC(=O)c2cc(Br)ccc2Br)c(N)c1. The molecule has 2 N–H and O–H groups in total. The Morgan fingerprint density at radius 1 is 1.20 bits per heavy atom. The first-order chi connectivity index (χ1) is 9.47. The molecule has 3 nitrogen and oxygen atoms in total. The third kappa shape index (κ3) is 3.61. The molecule has 0 fully saturated rings. The largest absolute Gasteiger partial charge is 0.483 e. The van der Waals surface area contributed by atoms with Crippen molar-refractivity contribution in [3.05, 3.63) is 56.5 Å². The molecule has 0 spiro atoms. The topological polar surface area (TPSA) is 52.3 Å². The standard InChI is InChI=1S/C15H13Br2NO2/c1-9-2-5-15(13(18)6-9)20-8-14(19)11-7-10(16)3-4-12(11)17/h2-7H,8,18H2,1H3. The summed E-state index contributed by atoms with van der Waals surface area (Å²) in [5.41, 5.74) is 8.01. The summed E-state index contributed by atoms with van der Waals surface area (Å²) in [5.74, 6) is 0.410. The molecule has 0 aromatic heterocycles. The fraction of sp³-hybridized carbons (Fsp3) is 0.133. The highest BCUT2D eigenvalue weighted by atomic mass is 79.9. The molecule has 0 atom stereocenters. The molecule has 0 unspecified atom stereocenters. The van der Waals surface area contributed by atoms with Crippen LogP contribution in [-0.2, 0) is 0 Å². The van der Waals surface area contributed by atoms with E-state index in [4.69, 9.17) is 10.5 Å². The number of carbonyl (C=O) groups excluding carboxylic acids is 1. The quantitative estimate of drug-likeness (QED) is 0.614. The second-order valence-corrected chi connectivity index (χ2v) is 6.15. The molecule has 0 aliphatic carbocycles. The summed E-state index contributed by atoms with van der Waals surface area (Å²) in [7, 11) is 0. The summed E-state index contributed by atoms with van der Waals surface area (Å²) < 4.78 is 7.08. The van der Waals surface area contributed by atoms with Crippen molar-refractivity contribution < 1.29 is 9.53 Å². The number of ether oxygens (including phenoxy) is 1. The predicted octanol–water partition coefficient (Wildman–Crippen LogP) is 4.36. The molecule has 0 aliphatic heterocycles. The van der Waals surface area contributed by atoms with Gasteiger partial charge in [-0.15, -0.1) is 0 Å². The summed E-state index contributed by atoms with van der Waals surface area (Å²) in [5, 5.41) is 0. The summed E-state index contributed by atoms with van der Waals surface area (Å²) >= 11 is 6.71. The van der Waals surface area contributed by atoms with Crippen LogP contribution in [0.1, 0.15) is 15.9 Å². The number of Topliss-reactive ketones (excluding diaryl/α,β-unsaturated/α-hetero) is 1. The van der Waals surface area contributed by atoms with Gasteiger partial charge in [-0.25, -0.2) is 0 Å². The zero-order valence-corrected chi connectivity index (χ0v) is 14.0. The minimum absolute atomic E-state index is 0.0533. The summed E-state index contributed by atoms with van der Waals surface area (Å²) in [6.45, 7) is 1.90. The summed E-state index contributed by atoms with van der Waals surface area (Å²) in [6, 6.07) is 10.9. The average molecular weight is 399 g/mol. The van der Waals surface area contributed by atoms with Crippen LogP contribution in [0.2, 0.25) is 0 Å². The van der Waals surface area contributed by atoms with E-state index < -0.39 is 0 Å². The van der Waals surface area contributed by atoms with Crippen molar-refractivity contribution in [3.8, 4) is 5.75 Å². The van der Waals surface area contributed by atoms with Crippen molar-refractivity contribution in [1.29, 1.82) is 0 Å². The fourth-order valence-corrected chi connectivity index (χ4v) is 2.56. The molecule has 104 valence electrons. The van der Waals surface area contributed by atoms with Crippen molar-refractivity contribution in [1.82, 2.24) is 0 Å². The zero-order valence-electron chi connectivity index (χ0n) is 10.8. The molecule has 0 heterocycles. The van der Waals surface area contributed by atoms with E-state index in [0.717, 1.165) is 14.5 Å². The molecule has 2 rings (SSSR count). The summed E-state index contributed by atoms with van der Waals surface area (Å²) in [4.78, 5) is 12.2. The lowest BCUT2D eigenvalue weighted by Gasteiger charge is -2.10. The zero-order chi connectivity index (χ0) is 14.7. The lowest BCUT2D eigenvalue weighted by molar-refractivity contribution is 0.0921. The number of carbonyl (C=O) groups is 1. The molecule has 0 bridgehead atoms. The maximum absolute atomic E-state index is 12.2. The van der Waals surface area contributed by atoms with E-state index in [2.05, 4.69) is 31.9 Å². The van der Waals surface area contributed by atoms with Gasteiger partial charge >= 0.3 is 0 Å². The van der Waals surface area contributed by atoms with E-state index in [-0.39, 0.29) is 12.4 Å². The Labute approximate surface area is 134 Å². The van der Waals surface area contributed by atoms with Gasteiger partial charge in [-0.1, -0.05) is 37.9 Å². The second-order valence-electron chi connectivity index (χ2n) is 4.38. The van der Waals surface area contributed by atoms with Crippen LogP contribution in [0.3, 0.4) is 0 Å². The van der Waals surface area contributed by atoms with Crippen LogP contribution in [0, 0.1) is 6.92 Å². The van der Waals surface area contributed by atoms with Crippen LogP contribution in [0.25, 0.3) is 0 Å². The molecule has 20 heavy (non-hydrogen) atoms. The number of anilines is 1. The highest BCUT2D eigenvalue weighted by Crippen LogP contribution is 2.24. The lowest BCUT2D eigenvalue weighted by Crippen LogP contribution is -2.13. The van der Waals surface area contributed by atoms with Crippen LogP contribution in [-0.4, -0.2) is 12.4 Å². The Bertz CT molecular complexity index is 656. The number of nitrogen functional groups attached to an aromatic ring is 1. The Hall–Kier alpha value is -1.33. The molecule has 0 radical (unpaired) electrons. The highest BCUT2D eigenvalue weighted by Gasteiger charge is 2.12. The number of ketones is 1. The van der Waals surface area contributed by atoms with Crippen LogP contribution < -0.4 is 10.5 Å². The monoisotopic (exact) mass is 397 g/mol. The molecule has 5 heteroatoms. The minimum atomic E-state index is -0.113. The van der Waals surface area contributed by atoms with Crippen molar-refractivity contribution in [2.75, 3.05) is 12.3 Å². The highest BCUT2D eigenvalue weighted by molar-refractivity contribution is 9.11. The van der Waals surface area contributed by atoms with Gasteiger partial charge in [0, 0.05) is 14.5 Å². The maximum Gasteiger partial charge on any atom is 0.201 e. The van der Waals surface area contributed by atoms with E-state index in [1.54, 1.807) is 12.1 Å². The Balaban J connectivity index is 2.10. The Morgan fingerprint density at radius 3 is 2.65 bits per heavy atom. The van der Waals surface area contributed by atoms with Crippen molar-refractivity contribution in [2.45, 2.75) is 6.92 Å². The van der Waals surface area contributed by atoms with E-state index in [0.29, 0.717) is 17.0 Å². The van der Waals surface area contributed by atoms with Gasteiger partial charge in [-0.3, -0.25) is 4.79 Å². The lowest BCUT2D eigenvalue weighted by atomic mass is 10.1. The normalized spacial score (nSPS) is 10.3. The van der Waals surface area contributed by atoms with Gasteiger partial charge in [0.1, 0.15) is 5.75 Å². The fourth-order valence-electron chi connectivity index (χ4n) is 1.73. The van der Waals surface area contributed by atoms with E-state index >= 15 is 0 Å². The molecule has 2 aromatic rings. The van der Waals surface area contributed by atoms with Crippen LogP contribution in [0.15, 0.2) is 45.3 Å². The van der Waals surface area contributed by atoms with Gasteiger partial charge < -0.3 is 10.5 Å². The first-order valence-electron chi connectivity index (χ1n) is 5.94. The predicted molar refractivity (Wildman–Crippen MR) is 87.3 cm³/mol. The van der Waals surface area contributed by atoms with Gasteiger partial charge in [-0.2, -0.15) is 0 Å². The second kappa shape index (κ2) is 6.41. The maximum atomic E-state index is 12.2. The first-order valence-corrected chi connectivity index (χ1v) is 7.53. The van der Waals surface area contributed by atoms with E-state index in [9.17, 15) is 4.79 Å². The van der Waals surface area contributed by atoms with Gasteiger partial charge in [-0.05, 0) is 42.8 Å². The Kier molecular flexibility index (Phi) is 4.83. The summed E-state index contributed by atoms with van der Waals surface area (Å²) in [6.07, 6.45) is 0. The molecular formula is C15H13Br2NO2. The number of nitrogens with two attached hydrogens (primary N) is 1. The number of hydrogen-bond donors (Lipinski definition) is 1. The minimum Gasteiger partial charge on any atom is -0.483 e.